The van der Waals surface area contributed by atoms with E-state index in [2.05, 4.69) is 15.6 Å². The first kappa shape index (κ1) is 23.1. The number of alkyl halides is 3. The predicted molar refractivity (Wildman–Crippen MR) is 122 cm³/mol. The number of halogens is 3. The van der Waals surface area contributed by atoms with Crippen LogP contribution in [0.1, 0.15) is 40.1 Å². The van der Waals surface area contributed by atoms with Gasteiger partial charge in [-0.05, 0) is 62.2 Å². The molecular formula is C23H23F3N4O2S. The van der Waals surface area contributed by atoms with E-state index in [-0.39, 0.29) is 16.3 Å². The van der Waals surface area contributed by atoms with Gasteiger partial charge in [-0.25, -0.2) is 4.98 Å². The van der Waals surface area contributed by atoms with Crippen molar-refractivity contribution in [2.75, 3.05) is 24.2 Å². The van der Waals surface area contributed by atoms with E-state index in [1.54, 1.807) is 0 Å². The Bertz CT molecular complexity index is 1110. The van der Waals surface area contributed by atoms with Gasteiger partial charge in [0.2, 0.25) is 5.78 Å². The Morgan fingerprint density at radius 2 is 2.03 bits per heavy atom. The molecule has 1 fully saturated rings. The van der Waals surface area contributed by atoms with Crippen LogP contribution in [0.25, 0.3) is 0 Å². The van der Waals surface area contributed by atoms with Crippen LogP contribution in [-0.2, 0) is 6.18 Å². The van der Waals surface area contributed by atoms with Gasteiger partial charge in [0.15, 0.2) is 5.13 Å². The Kier molecular flexibility index (Phi) is 6.85. The average Bonchev–Trinajstić information content (AvgIpc) is 3.43. The Balaban J connectivity index is 1.38. The molecule has 6 nitrogen and oxygen atoms in total. The standard InChI is InChI=1S/C23H23F3N4O2S/c24-23(25,26)15-4-1-3-14(13-15)19(31)20-21(27)30-22(33-20)29-17-6-8-18(9-7-17)32-12-10-16-5-2-11-28-16/h1,3-4,6-9,13,16,28H,2,5,10-12,27H2,(H,29,30). The van der Waals surface area contributed by atoms with Crippen molar-refractivity contribution < 1.29 is 22.7 Å². The molecule has 4 rings (SSSR count). The van der Waals surface area contributed by atoms with Crippen molar-refractivity contribution in [3.05, 3.63) is 64.5 Å². The minimum atomic E-state index is -4.54. The molecule has 1 aliphatic heterocycles. The average molecular weight is 477 g/mol. The number of nitrogen functional groups attached to an aromatic ring is 1. The van der Waals surface area contributed by atoms with Gasteiger partial charge in [0.1, 0.15) is 16.4 Å². The fourth-order valence-electron chi connectivity index (χ4n) is 3.60. The molecule has 1 saturated heterocycles. The predicted octanol–water partition coefficient (Wildman–Crippen LogP) is 5.24. The number of rotatable bonds is 8. The molecule has 0 amide bonds. The van der Waals surface area contributed by atoms with Crippen LogP contribution in [0, 0.1) is 0 Å². The van der Waals surface area contributed by atoms with Crippen LogP contribution in [0.4, 0.5) is 29.8 Å². The van der Waals surface area contributed by atoms with Gasteiger partial charge in [-0.3, -0.25) is 4.79 Å². The first-order valence-electron chi connectivity index (χ1n) is 10.5. The molecule has 2 heterocycles. The third-order valence-electron chi connectivity index (χ3n) is 5.31. The molecule has 1 atom stereocenters. The minimum Gasteiger partial charge on any atom is -0.494 e. The maximum Gasteiger partial charge on any atom is 0.416 e. The molecule has 0 spiro atoms. The summed E-state index contributed by atoms with van der Waals surface area (Å²) in [5.41, 5.74) is 5.61. The quantitative estimate of drug-likeness (QED) is 0.386. The summed E-state index contributed by atoms with van der Waals surface area (Å²) >= 11 is 0.987. The Morgan fingerprint density at radius 3 is 2.73 bits per heavy atom. The number of hydrogen-bond acceptors (Lipinski definition) is 7. The molecule has 174 valence electrons. The van der Waals surface area contributed by atoms with Crippen molar-refractivity contribution in [1.82, 2.24) is 10.3 Å². The molecule has 33 heavy (non-hydrogen) atoms. The highest BCUT2D eigenvalue weighted by Gasteiger charge is 2.31. The number of nitrogens with zero attached hydrogens (tertiary/aromatic N) is 1. The topological polar surface area (TPSA) is 89.3 Å². The SMILES string of the molecule is Nc1nc(Nc2ccc(OCCC3CCCN3)cc2)sc1C(=O)c1cccc(C(F)(F)F)c1. The smallest absolute Gasteiger partial charge is 0.416 e. The molecule has 2 aromatic carbocycles. The second kappa shape index (κ2) is 9.80. The van der Waals surface area contributed by atoms with Gasteiger partial charge in [-0.15, -0.1) is 0 Å². The Morgan fingerprint density at radius 1 is 1.24 bits per heavy atom. The number of anilines is 3. The number of nitrogens with two attached hydrogens (primary N) is 1. The van der Waals surface area contributed by atoms with Crippen molar-refractivity contribution >= 4 is 33.8 Å². The molecule has 0 aliphatic carbocycles. The summed E-state index contributed by atoms with van der Waals surface area (Å²) in [5, 5.41) is 6.86. The Labute approximate surface area is 193 Å². The fraction of sp³-hybridized carbons (Fsp3) is 0.304. The second-order valence-electron chi connectivity index (χ2n) is 7.72. The fourth-order valence-corrected chi connectivity index (χ4v) is 4.46. The van der Waals surface area contributed by atoms with E-state index in [4.69, 9.17) is 10.5 Å². The number of ether oxygens (including phenoxy) is 1. The van der Waals surface area contributed by atoms with E-state index in [0.717, 1.165) is 42.2 Å². The second-order valence-corrected chi connectivity index (χ2v) is 8.72. The lowest BCUT2D eigenvalue weighted by Crippen LogP contribution is -2.23. The number of benzene rings is 2. The van der Waals surface area contributed by atoms with Gasteiger partial charge >= 0.3 is 6.18 Å². The van der Waals surface area contributed by atoms with Crippen molar-refractivity contribution in [3.63, 3.8) is 0 Å². The van der Waals surface area contributed by atoms with Gasteiger partial charge in [0.05, 0.1) is 12.2 Å². The number of aromatic nitrogens is 1. The summed E-state index contributed by atoms with van der Waals surface area (Å²) in [7, 11) is 0. The van der Waals surface area contributed by atoms with Gasteiger partial charge < -0.3 is 21.1 Å². The number of nitrogens with one attached hydrogen (secondary N) is 2. The zero-order valence-corrected chi connectivity index (χ0v) is 18.4. The number of ketones is 1. The van der Waals surface area contributed by atoms with E-state index < -0.39 is 17.5 Å². The number of carbonyl (C=O) groups excluding carboxylic acids is 1. The van der Waals surface area contributed by atoms with Crippen LogP contribution in [0.15, 0.2) is 48.5 Å². The zero-order valence-electron chi connectivity index (χ0n) is 17.6. The third kappa shape index (κ3) is 5.82. The molecule has 10 heteroatoms. The minimum absolute atomic E-state index is 0.0367. The van der Waals surface area contributed by atoms with Crippen LogP contribution in [0.5, 0.6) is 5.75 Å². The van der Waals surface area contributed by atoms with Gasteiger partial charge in [0.25, 0.3) is 0 Å². The lowest BCUT2D eigenvalue weighted by atomic mass is 10.1. The highest BCUT2D eigenvalue weighted by Crippen LogP contribution is 2.33. The maximum atomic E-state index is 13.0. The van der Waals surface area contributed by atoms with Crippen LogP contribution >= 0.6 is 11.3 Å². The van der Waals surface area contributed by atoms with Gasteiger partial charge in [0, 0.05) is 17.3 Å². The van der Waals surface area contributed by atoms with Crippen LogP contribution in [-0.4, -0.2) is 30.0 Å². The molecular weight excluding hydrogens is 453 g/mol. The molecule has 4 N–H and O–H groups in total. The van der Waals surface area contributed by atoms with Crippen molar-refractivity contribution in [2.24, 2.45) is 0 Å². The highest BCUT2D eigenvalue weighted by atomic mass is 32.1. The summed E-state index contributed by atoms with van der Waals surface area (Å²) in [6.45, 7) is 1.70. The summed E-state index contributed by atoms with van der Waals surface area (Å²) in [6.07, 6.45) is -1.19. The zero-order chi connectivity index (χ0) is 23.4. The molecule has 1 aliphatic rings. The van der Waals surface area contributed by atoms with E-state index in [0.29, 0.717) is 23.5 Å². The lowest BCUT2D eigenvalue weighted by Gasteiger charge is -2.11. The number of hydrogen-bond donors (Lipinski definition) is 3. The first-order chi connectivity index (χ1) is 15.8. The van der Waals surface area contributed by atoms with Crippen LogP contribution in [0.2, 0.25) is 0 Å². The number of thiazole rings is 1. The summed E-state index contributed by atoms with van der Waals surface area (Å²) in [6, 6.07) is 12.1. The van der Waals surface area contributed by atoms with Gasteiger partial charge in [-0.2, -0.15) is 13.2 Å². The molecule has 0 saturated carbocycles. The Hall–Kier alpha value is -3.11. The summed E-state index contributed by atoms with van der Waals surface area (Å²) < 4.78 is 44.7. The third-order valence-corrected chi connectivity index (χ3v) is 6.30. The lowest BCUT2D eigenvalue weighted by molar-refractivity contribution is -0.137. The molecule has 0 radical (unpaired) electrons. The van der Waals surface area contributed by atoms with Crippen molar-refractivity contribution in [3.8, 4) is 5.75 Å². The van der Waals surface area contributed by atoms with E-state index >= 15 is 0 Å². The van der Waals surface area contributed by atoms with E-state index in [1.165, 1.54) is 25.0 Å². The van der Waals surface area contributed by atoms with Crippen LogP contribution in [0.3, 0.4) is 0 Å². The van der Waals surface area contributed by atoms with Crippen molar-refractivity contribution in [1.29, 1.82) is 0 Å². The summed E-state index contributed by atoms with van der Waals surface area (Å²) in [4.78, 5) is 17.0. The molecule has 3 aromatic rings. The van der Waals surface area contributed by atoms with Crippen LogP contribution < -0.4 is 21.1 Å². The molecule has 1 aromatic heterocycles. The maximum absolute atomic E-state index is 13.0. The number of carbonyl (C=O) groups is 1. The summed E-state index contributed by atoms with van der Waals surface area (Å²) in [5.74, 6) is 0.104. The molecule has 1 unspecified atom stereocenters. The highest BCUT2D eigenvalue weighted by molar-refractivity contribution is 7.18. The van der Waals surface area contributed by atoms with E-state index in [1.807, 2.05) is 24.3 Å². The molecule has 0 bridgehead atoms. The van der Waals surface area contributed by atoms with Gasteiger partial charge in [-0.1, -0.05) is 23.5 Å². The monoisotopic (exact) mass is 476 g/mol. The first-order valence-corrected chi connectivity index (χ1v) is 11.3. The van der Waals surface area contributed by atoms with Crippen molar-refractivity contribution in [2.45, 2.75) is 31.5 Å². The largest absolute Gasteiger partial charge is 0.494 e. The normalized spacial score (nSPS) is 16.0. The van der Waals surface area contributed by atoms with E-state index in [9.17, 15) is 18.0 Å².